The van der Waals surface area contributed by atoms with Gasteiger partial charge in [-0.15, -0.1) is 33.8 Å². The summed E-state index contributed by atoms with van der Waals surface area (Å²) in [5, 5.41) is 0. The predicted molar refractivity (Wildman–Crippen MR) is 148 cm³/mol. The maximum Gasteiger partial charge on any atom is 2.00 e. The summed E-state index contributed by atoms with van der Waals surface area (Å²) < 4.78 is 0. The minimum absolute atomic E-state index is 0. The van der Waals surface area contributed by atoms with Crippen LogP contribution >= 0.6 is 22.7 Å². The molecule has 2 aliphatic carbocycles. The Labute approximate surface area is 223 Å². The van der Waals surface area contributed by atoms with Crippen molar-refractivity contribution in [2.45, 2.75) is 39.3 Å². The van der Waals surface area contributed by atoms with E-state index < -0.39 is 16.1 Å². The Bertz CT molecular complexity index is 905. The van der Waals surface area contributed by atoms with Crippen LogP contribution in [-0.2, 0) is 17.1 Å². The van der Waals surface area contributed by atoms with Gasteiger partial charge in [0, 0.05) is 21.6 Å². The Morgan fingerprint density at radius 1 is 0.545 bits per heavy atom. The van der Waals surface area contributed by atoms with Crippen LogP contribution in [0.25, 0.3) is 0 Å². The fraction of sp³-hybridized carbons (Fsp3) is 0.214. The summed E-state index contributed by atoms with van der Waals surface area (Å²) in [4.78, 5) is 4.98. The molecule has 0 spiro atoms. The fourth-order valence-electron chi connectivity index (χ4n) is 2.70. The molecule has 4 rings (SSSR count). The first kappa shape index (κ1) is 28.7. The summed E-state index contributed by atoms with van der Waals surface area (Å²) in [5.74, 6) is 9.19. The van der Waals surface area contributed by atoms with Crippen molar-refractivity contribution < 1.29 is 17.1 Å². The number of thiophene rings is 2. The molecule has 5 heteroatoms. The zero-order chi connectivity index (χ0) is 23.2. The van der Waals surface area contributed by atoms with Gasteiger partial charge >= 0.3 is 17.1 Å². The Balaban J connectivity index is 0.000000227. The molecule has 0 amide bonds. The van der Waals surface area contributed by atoms with Crippen LogP contribution in [-0.4, -0.2) is 16.1 Å². The molecule has 0 nitrogen and oxygen atoms in total. The van der Waals surface area contributed by atoms with Crippen molar-refractivity contribution in [2.75, 3.05) is 0 Å². The Morgan fingerprint density at radius 3 is 1.18 bits per heavy atom. The minimum Gasteiger partial charge on any atom is -0.131 e. The van der Waals surface area contributed by atoms with Gasteiger partial charge < -0.3 is 0 Å². The van der Waals surface area contributed by atoms with Gasteiger partial charge in [0.05, 0.1) is 9.75 Å². The second-order valence-corrected chi connectivity index (χ2v) is 21.3. The van der Waals surface area contributed by atoms with Crippen LogP contribution in [0, 0.1) is 86.1 Å². The molecule has 2 saturated carbocycles. The van der Waals surface area contributed by atoms with E-state index in [0.717, 1.165) is 0 Å². The Kier molecular flexibility index (Phi) is 11.3. The molecule has 0 saturated heterocycles. The first-order chi connectivity index (χ1) is 15.1. The maximum atomic E-state index is 3.40. The summed E-state index contributed by atoms with van der Waals surface area (Å²) in [6.07, 6.45) is 16.8. The van der Waals surface area contributed by atoms with E-state index in [9.17, 15) is 0 Å². The topological polar surface area (TPSA) is 0 Å². The van der Waals surface area contributed by atoms with Crippen molar-refractivity contribution in [3.8, 4) is 22.9 Å². The van der Waals surface area contributed by atoms with Gasteiger partial charge in [-0.05, 0) is 75.6 Å². The van der Waals surface area contributed by atoms with Crippen molar-refractivity contribution in [1.82, 2.24) is 0 Å². The van der Waals surface area contributed by atoms with Gasteiger partial charge in [-0.3, -0.25) is 0 Å². The molecule has 33 heavy (non-hydrogen) atoms. The minimum atomic E-state index is -1.25. The SMILES string of the molecule is C[Si](C)(C)C#Cc1ccc([C]2[CH][CH][CH][CH]2)s1.C[Si](C)(C)C#Cc1ccc([C]2[CH][CH][CH][CH]2)s1.[Fe+2]. The first-order valence-corrected chi connectivity index (χ1v) is 19.4. The number of hydrogen-bond donors (Lipinski definition) is 0. The molecule has 0 unspecified atom stereocenters. The number of hydrogen-bond acceptors (Lipinski definition) is 2. The van der Waals surface area contributed by atoms with E-state index in [2.05, 4.69) is 138 Å². The van der Waals surface area contributed by atoms with E-state index in [1.54, 1.807) is 22.7 Å². The molecule has 0 atom stereocenters. The van der Waals surface area contributed by atoms with Crippen LogP contribution in [0.3, 0.4) is 0 Å². The largest absolute Gasteiger partial charge is 2.00 e. The van der Waals surface area contributed by atoms with Gasteiger partial charge in [-0.2, -0.15) is 0 Å². The van der Waals surface area contributed by atoms with Gasteiger partial charge in [0.25, 0.3) is 0 Å². The summed E-state index contributed by atoms with van der Waals surface area (Å²) in [5.41, 5.74) is 6.79. The van der Waals surface area contributed by atoms with E-state index in [1.165, 1.54) is 31.3 Å². The Hall–Kier alpha value is -0.527. The second-order valence-electron chi connectivity index (χ2n) is 9.67. The molecule has 2 aromatic heterocycles. The third-order valence-corrected chi connectivity index (χ3v) is 8.08. The van der Waals surface area contributed by atoms with E-state index in [4.69, 9.17) is 0 Å². The molecule has 0 bridgehead atoms. The third-order valence-electron chi connectivity index (χ3n) is 4.23. The molecular formula is C28H30FeS2Si2+2. The third kappa shape index (κ3) is 10.3. The van der Waals surface area contributed by atoms with Crippen molar-refractivity contribution in [3.63, 3.8) is 0 Å². The number of rotatable bonds is 2. The predicted octanol–water partition coefficient (Wildman–Crippen LogP) is 7.46. The quantitative estimate of drug-likeness (QED) is 0.273. The summed E-state index contributed by atoms with van der Waals surface area (Å²) in [6, 6.07) is 8.57. The molecule has 0 aliphatic heterocycles. The van der Waals surface area contributed by atoms with Crippen LogP contribution in [0.15, 0.2) is 24.3 Å². The van der Waals surface area contributed by atoms with Crippen LogP contribution in [0.1, 0.15) is 19.5 Å². The smallest absolute Gasteiger partial charge is 0.131 e. The standard InChI is InChI=1S/2C14H15SSi.Fe/c2*1-16(2,3)11-10-13-8-9-14(15-13)12-6-4-5-7-12;/h2*4-9H,1-3H3;/q;;+2. The maximum absolute atomic E-state index is 3.40. The summed E-state index contributed by atoms with van der Waals surface area (Å²) in [6.45, 7) is 13.6. The van der Waals surface area contributed by atoms with E-state index >= 15 is 0 Å². The van der Waals surface area contributed by atoms with E-state index in [-0.39, 0.29) is 17.1 Å². The normalized spacial score (nSPS) is 16.7. The molecule has 0 aromatic carbocycles. The van der Waals surface area contributed by atoms with E-state index in [1.807, 2.05) is 0 Å². The van der Waals surface area contributed by atoms with Crippen LogP contribution in [0.2, 0.25) is 39.3 Å². The van der Waals surface area contributed by atoms with Crippen molar-refractivity contribution in [1.29, 1.82) is 0 Å². The Morgan fingerprint density at radius 2 is 0.879 bits per heavy atom. The van der Waals surface area contributed by atoms with Gasteiger partial charge in [0.2, 0.25) is 0 Å². The molecule has 10 radical (unpaired) electrons. The molecular weight excluding hydrogens is 512 g/mol. The van der Waals surface area contributed by atoms with Gasteiger partial charge in [-0.1, -0.05) is 51.1 Å². The van der Waals surface area contributed by atoms with Gasteiger partial charge in [0.1, 0.15) is 16.1 Å². The van der Waals surface area contributed by atoms with Gasteiger partial charge in [-0.25, -0.2) is 0 Å². The van der Waals surface area contributed by atoms with Crippen LogP contribution < -0.4 is 0 Å². The van der Waals surface area contributed by atoms with Crippen LogP contribution in [0.5, 0.6) is 0 Å². The van der Waals surface area contributed by atoms with Crippen molar-refractivity contribution in [2.24, 2.45) is 0 Å². The zero-order valence-electron chi connectivity index (χ0n) is 20.1. The monoisotopic (exact) mass is 542 g/mol. The van der Waals surface area contributed by atoms with Gasteiger partial charge in [0.15, 0.2) is 0 Å². The average molecular weight is 543 g/mol. The first-order valence-electron chi connectivity index (χ1n) is 10.8. The second kappa shape index (κ2) is 13.0. The molecule has 168 valence electrons. The molecule has 2 fully saturated rings. The molecule has 0 N–H and O–H groups in total. The molecule has 2 aliphatic rings. The summed E-state index contributed by atoms with van der Waals surface area (Å²) >= 11 is 3.56. The van der Waals surface area contributed by atoms with Crippen molar-refractivity contribution >= 4 is 38.8 Å². The zero-order valence-corrected chi connectivity index (χ0v) is 24.8. The average Bonchev–Trinajstić information content (AvgIpc) is 3.51. The van der Waals surface area contributed by atoms with Crippen molar-refractivity contribution in [3.05, 3.63) is 107 Å². The molecule has 2 heterocycles. The molecule has 2 aromatic rings. The van der Waals surface area contributed by atoms with Crippen LogP contribution in [0.4, 0.5) is 0 Å². The van der Waals surface area contributed by atoms with E-state index in [0.29, 0.717) is 0 Å². The fourth-order valence-corrected chi connectivity index (χ4v) is 5.63. The summed E-state index contributed by atoms with van der Waals surface area (Å²) in [7, 11) is -2.50.